The molecule has 2 N–H and O–H groups in total. The zero-order valence-corrected chi connectivity index (χ0v) is 8.97. The zero-order valence-electron chi connectivity index (χ0n) is 7.38. The van der Waals surface area contributed by atoms with Gasteiger partial charge in [0, 0.05) is 0 Å². The van der Waals surface area contributed by atoms with Crippen LogP contribution in [0.3, 0.4) is 0 Å². The van der Waals surface area contributed by atoms with Crippen LogP contribution in [-0.4, -0.2) is 0 Å². The standard InChI is InChI=1S/C9H14BrNO/c1-3-6(2)9(11)7-4-5-8(10)12-7/h4-6,9H,3,11H2,1-2H3/t6?,9-/m0/s1. The number of furan rings is 1. The van der Waals surface area contributed by atoms with Crippen molar-refractivity contribution in [2.24, 2.45) is 11.7 Å². The molecular weight excluding hydrogens is 218 g/mol. The summed E-state index contributed by atoms with van der Waals surface area (Å²) in [6.07, 6.45) is 1.07. The van der Waals surface area contributed by atoms with Crippen molar-refractivity contribution in [3.63, 3.8) is 0 Å². The maximum absolute atomic E-state index is 5.95. The van der Waals surface area contributed by atoms with Gasteiger partial charge in [0.05, 0.1) is 6.04 Å². The molecule has 1 aromatic heterocycles. The van der Waals surface area contributed by atoms with E-state index >= 15 is 0 Å². The summed E-state index contributed by atoms with van der Waals surface area (Å²) >= 11 is 3.25. The number of hydrogen-bond donors (Lipinski definition) is 1. The zero-order chi connectivity index (χ0) is 9.14. The van der Waals surface area contributed by atoms with Gasteiger partial charge in [-0.3, -0.25) is 0 Å². The van der Waals surface area contributed by atoms with Crippen LogP contribution in [-0.2, 0) is 0 Å². The Morgan fingerprint density at radius 2 is 2.25 bits per heavy atom. The lowest BCUT2D eigenvalue weighted by atomic mass is 9.98. The highest BCUT2D eigenvalue weighted by molar-refractivity contribution is 9.10. The van der Waals surface area contributed by atoms with Gasteiger partial charge in [-0.25, -0.2) is 0 Å². The van der Waals surface area contributed by atoms with Gasteiger partial charge >= 0.3 is 0 Å². The van der Waals surface area contributed by atoms with Gasteiger partial charge in [-0.1, -0.05) is 20.3 Å². The number of nitrogens with two attached hydrogens (primary N) is 1. The van der Waals surface area contributed by atoms with E-state index in [-0.39, 0.29) is 6.04 Å². The minimum atomic E-state index is 0.0151. The minimum absolute atomic E-state index is 0.0151. The predicted octanol–water partition coefficient (Wildman–Crippen LogP) is 3.09. The fourth-order valence-electron chi connectivity index (χ4n) is 1.04. The normalized spacial score (nSPS) is 16.0. The molecule has 2 nitrogen and oxygen atoms in total. The second-order valence-electron chi connectivity index (χ2n) is 3.05. The van der Waals surface area contributed by atoms with E-state index in [0.717, 1.165) is 16.9 Å². The average Bonchev–Trinajstić information content (AvgIpc) is 2.49. The molecule has 0 bridgehead atoms. The third-order valence-electron chi connectivity index (χ3n) is 2.18. The van der Waals surface area contributed by atoms with Crippen LogP contribution in [0.5, 0.6) is 0 Å². The molecule has 1 aromatic rings. The molecule has 1 unspecified atom stereocenters. The lowest BCUT2D eigenvalue weighted by molar-refractivity contribution is 0.369. The highest BCUT2D eigenvalue weighted by atomic mass is 79.9. The van der Waals surface area contributed by atoms with Crippen LogP contribution in [0.25, 0.3) is 0 Å². The maximum atomic E-state index is 5.95. The largest absolute Gasteiger partial charge is 0.453 e. The molecule has 12 heavy (non-hydrogen) atoms. The van der Waals surface area contributed by atoms with E-state index in [1.54, 1.807) is 0 Å². The molecule has 0 spiro atoms. The van der Waals surface area contributed by atoms with Gasteiger partial charge in [-0.2, -0.15) is 0 Å². The summed E-state index contributed by atoms with van der Waals surface area (Å²) in [4.78, 5) is 0. The van der Waals surface area contributed by atoms with E-state index in [1.165, 1.54) is 0 Å². The Labute approximate surface area is 81.3 Å². The van der Waals surface area contributed by atoms with Gasteiger partial charge < -0.3 is 10.2 Å². The van der Waals surface area contributed by atoms with E-state index in [2.05, 4.69) is 29.8 Å². The molecular formula is C9H14BrNO. The molecule has 3 heteroatoms. The summed E-state index contributed by atoms with van der Waals surface area (Å²) in [6, 6.07) is 3.81. The van der Waals surface area contributed by atoms with Crippen molar-refractivity contribution < 1.29 is 4.42 Å². The Kier molecular flexibility index (Phi) is 3.35. The molecule has 68 valence electrons. The van der Waals surface area contributed by atoms with Gasteiger partial charge in [0.2, 0.25) is 0 Å². The van der Waals surface area contributed by atoms with E-state index in [4.69, 9.17) is 10.2 Å². The summed E-state index contributed by atoms with van der Waals surface area (Å²) in [5.74, 6) is 1.32. The highest BCUT2D eigenvalue weighted by Crippen LogP contribution is 2.25. The lowest BCUT2D eigenvalue weighted by Gasteiger charge is -2.15. The van der Waals surface area contributed by atoms with Gasteiger partial charge in [-0.15, -0.1) is 0 Å². The number of rotatable bonds is 3. The highest BCUT2D eigenvalue weighted by Gasteiger charge is 2.15. The lowest BCUT2D eigenvalue weighted by Crippen LogP contribution is -2.17. The van der Waals surface area contributed by atoms with Crippen LogP contribution in [0.2, 0.25) is 0 Å². The second kappa shape index (κ2) is 4.10. The van der Waals surface area contributed by atoms with E-state index in [9.17, 15) is 0 Å². The van der Waals surface area contributed by atoms with Gasteiger partial charge in [-0.05, 0) is 34.0 Å². The van der Waals surface area contributed by atoms with Crippen molar-refractivity contribution >= 4 is 15.9 Å². The molecule has 0 aliphatic rings. The first-order chi connectivity index (χ1) is 5.65. The van der Waals surface area contributed by atoms with Crippen molar-refractivity contribution in [2.75, 3.05) is 0 Å². The monoisotopic (exact) mass is 231 g/mol. The second-order valence-corrected chi connectivity index (χ2v) is 3.83. The van der Waals surface area contributed by atoms with Crippen molar-refractivity contribution in [3.8, 4) is 0 Å². The third-order valence-corrected chi connectivity index (χ3v) is 2.61. The SMILES string of the molecule is CCC(C)[C@H](N)c1ccc(Br)o1. The molecule has 0 amide bonds. The van der Waals surface area contributed by atoms with Gasteiger partial charge in [0.1, 0.15) is 5.76 Å². The molecule has 0 radical (unpaired) electrons. The van der Waals surface area contributed by atoms with Crippen LogP contribution in [0.1, 0.15) is 32.1 Å². The van der Waals surface area contributed by atoms with Gasteiger partial charge in [0.25, 0.3) is 0 Å². The first kappa shape index (κ1) is 9.81. The van der Waals surface area contributed by atoms with Crippen molar-refractivity contribution in [3.05, 3.63) is 22.6 Å². The van der Waals surface area contributed by atoms with Crippen LogP contribution in [0.15, 0.2) is 21.2 Å². The van der Waals surface area contributed by atoms with Crippen LogP contribution in [0.4, 0.5) is 0 Å². The van der Waals surface area contributed by atoms with Crippen molar-refractivity contribution in [2.45, 2.75) is 26.3 Å². The van der Waals surface area contributed by atoms with E-state index < -0.39 is 0 Å². The Morgan fingerprint density at radius 3 is 2.67 bits per heavy atom. The Hall–Kier alpha value is -0.280. The molecule has 0 aromatic carbocycles. The van der Waals surface area contributed by atoms with Crippen LogP contribution < -0.4 is 5.73 Å². The molecule has 0 fully saturated rings. The number of halogens is 1. The first-order valence-electron chi connectivity index (χ1n) is 4.16. The Balaban J connectivity index is 2.70. The molecule has 1 heterocycles. The van der Waals surface area contributed by atoms with Crippen LogP contribution >= 0.6 is 15.9 Å². The number of hydrogen-bond acceptors (Lipinski definition) is 2. The summed E-state index contributed by atoms with van der Waals surface area (Å²) < 4.78 is 6.11. The topological polar surface area (TPSA) is 39.2 Å². The molecule has 0 saturated carbocycles. The van der Waals surface area contributed by atoms with E-state index in [1.807, 2.05) is 12.1 Å². The first-order valence-corrected chi connectivity index (χ1v) is 4.95. The van der Waals surface area contributed by atoms with Crippen molar-refractivity contribution in [1.82, 2.24) is 0 Å². The minimum Gasteiger partial charge on any atom is -0.453 e. The van der Waals surface area contributed by atoms with Gasteiger partial charge in [0.15, 0.2) is 4.67 Å². The van der Waals surface area contributed by atoms with E-state index in [0.29, 0.717) is 5.92 Å². The fraction of sp³-hybridized carbons (Fsp3) is 0.556. The molecule has 1 rings (SSSR count). The Bertz CT molecular complexity index is 246. The summed E-state index contributed by atoms with van der Waals surface area (Å²) in [7, 11) is 0. The molecule has 0 aliphatic carbocycles. The summed E-state index contributed by atoms with van der Waals surface area (Å²) in [5.41, 5.74) is 5.95. The summed E-state index contributed by atoms with van der Waals surface area (Å²) in [6.45, 7) is 4.25. The van der Waals surface area contributed by atoms with Crippen LogP contribution in [0, 0.1) is 5.92 Å². The maximum Gasteiger partial charge on any atom is 0.169 e. The molecule has 0 saturated heterocycles. The fourth-order valence-corrected chi connectivity index (χ4v) is 1.36. The summed E-state index contributed by atoms with van der Waals surface area (Å²) in [5, 5.41) is 0. The smallest absolute Gasteiger partial charge is 0.169 e. The molecule has 2 atom stereocenters. The Morgan fingerprint density at radius 1 is 1.58 bits per heavy atom. The predicted molar refractivity (Wildman–Crippen MR) is 52.8 cm³/mol. The average molecular weight is 232 g/mol. The third kappa shape index (κ3) is 2.11. The molecule has 0 aliphatic heterocycles. The quantitative estimate of drug-likeness (QED) is 0.869. The van der Waals surface area contributed by atoms with Crippen molar-refractivity contribution in [1.29, 1.82) is 0 Å².